The molecule has 0 amide bonds. The molecule has 2 unspecified atom stereocenters. The van der Waals surface area contributed by atoms with Gasteiger partial charge in [0.05, 0.1) is 5.69 Å². The van der Waals surface area contributed by atoms with Gasteiger partial charge in [0.25, 0.3) is 0 Å². The van der Waals surface area contributed by atoms with Crippen molar-refractivity contribution < 1.29 is 8.78 Å². The third-order valence-electron chi connectivity index (χ3n) is 4.62. The van der Waals surface area contributed by atoms with E-state index in [1.807, 2.05) is 7.05 Å². The summed E-state index contributed by atoms with van der Waals surface area (Å²) in [7, 11) is 1.99. The second-order valence-electron chi connectivity index (χ2n) is 5.82. The van der Waals surface area contributed by atoms with E-state index in [9.17, 15) is 8.78 Å². The molecule has 2 aliphatic rings. The molecule has 2 atom stereocenters. The maximum absolute atomic E-state index is 14.3. The van der Waals surface area contributed by atoms with E-state index < -0.39 is 11.6 Å². The highest BCUT2D eigenvalue weighted by molar-refractivity contribution is 9.10. The molecule has 2 fully saturated rings. The smallest absolute Gasteiger partial charge is 0.150 e. The first-order valence-corrected chi connectivity index (χ1v) is 7.99. The normalized spacial score (nSPS) is 29.6. The quantitative estimate of drug-likeness (QED) is 0.876. The summed E-state index contributed by atoms with van der Waals surface area (Å²) in [5.41, 5.74) is 0.538. The lowest BCUT2D eigenvalue weighted by Crippen LogP contribution is -2.56. The molecule has 0 radical (unpaired) electrons. The van der Waals surface area contributed by atoms with Crippen molar-refractivity contribution in [3.8, 4) is 0 Å². The minimum absolute atomic E-state index is 0.344. The van der Waals surface area contributed by atoms with Crippen molar-refractivity contribution in [1.82, 2.24) is 5.32 Å². The second-order valence-corrected chi connectivity index (χ2v) is 6.68. The molecule has 110 valence electrons. The molecule has 2 nitrogen and oxygen atoms in total. The fraction of sp³-hybridized carbons (Fsp3) is 0.600. The Morgan fingerprint density at radius 3 is 2.40 bits per heavy atom. The van der Waals surface area contributed by atoms with Gasteiger partial charge in [-0.15, -0.1) is 0 Å². The van der Waals surface area contributed by atoms with Crippen LogP contribution in [0.1, 0.15) is 32.1 Å². The van der Waals surface area contributed by atoms with Gasteiger partial charge < -0.3 is 10.2 Å². The van der Waals surface area contributed by atoms with Crippen LogP contribution in [-0.4, -0.2) is 25.2 Å². The molecule has 5 heteroatoms. The number of anilines is 1. The zero-order valence-corrected chi connectivity index (χ0v) is 13.1. The lowest BCUT2D eigenvalue weighted by molar-refractivity contribution is 0.250. The van der Waals surface area contributed by atoms with Crippen LogP contribution < -0.4 is 10.2 Å². The Morgan fingerprint density at radius 2 is 1.85 bits per heavy atom. The van der Waals surface area contributed by atoms with Crippen LogP contribution in [0.25, 0.3) is 0 Å². The summed E-state index contributed by atoms with van der Waals surface area (Å²) in [6.45, 7) is 0. The van der Waals surface area contributed by atoms with Crippen LogP contribution in [0, 0.1) is 11.6 Å². The lowest BCUT2D eigenvalue weighted by Gasteiger charge is -2.50. The molecule has 2 saturated heterocycles. The summed E-state index contributed by atoms with van der Waals surface area (Å²) < 4.78 is 28.1. The van der Waals surface area contributed by atoms with Gasteiger partial charge in [-0.3, -0.25) is 0 Å². The number of nitrogens with one attached hydrogen (secondary N) is 1. The Bertz CT molecular complexity index is 472. The highest BCUT2D eigenvalue weighted by atomic mass is 79.9. The number of rotatable bonds is 2. The average molecular weight is 345 g/mol. The number of hydrogen-bond acceptors (Lipinski definition) is 2. The van der Waals surface area contributed by atoms with E-state index in [1.54, 1.807) is 0 Å². The van der Waals surface area contributed by atoms with E-state index in [4.69, 9.17) is 0 Å². The fourth-order valence-electron chi connectivity index (χ4n) is 3.76. The molecule has 0 spiro atoms. The topological polar surface area (TPSA) is 15.3 Å². The van der Waals surface area contributed by atoms with Crippen molar-refractivity contribution in [1.29, 1.82) is 0 Å². The van der Waals surface area contributed by atoms with Crippen molar-refractivity contribution in [2.75, 3.05) is 11.9 Å². The van der Waals surface area contributed by atoms with Crippen LogP contribution >= 0.6 is 15.9 Å². The van der Waals surface area contributed by atoms with E-state index in [0.29, 0.717) is 28.3 Å². The number of piperidine rings is 2. The van der Waals surface area contributed by atoms with Crippen LogP contribution in [0.15, 0.2) is 16.6 Å². The van der Waals surface area contributed by atoms with Gasteiger partial charge in [0, 0.05) is 28.7 Å². The van der Waals surface area contributed by atoms with E-state index in [1.165, 1.54) is 12.5 Å². The second kappa shape index (κ2) is 5.60. The van der Waals surface area contributed by atoms with Crippen LogP contribution in [0.4, 0.5) is 14.5 Å². The summed E-state index contributed by atoms with van der Waals surface area (Å²) in [6.07, 6.45) is 5.41. The zero-order chi connectivity index (χ0) is 14.3. The minimum Gasteiger partial charge on any atom is -0.362 e. The van der Waals surface area contributed by atoms with E-state index in [0.717, 1.165) is 31.7 Å². The molecule has 20 heavy (non-hydrogen) atoms. The van der Waals surface area contributed by atoms with Crippen molar-refractivity contribution >= 4 is 21.6 Å². The number of hydrogen-bond donors (Lipinski definition) is 1. The maximum atomic E-state index is 14.3. The minimum atomic E-state index is -0.534. The first-order valence-electron chi connectivity index (χ1n) is 7.20. The zero-order valence-electron chi connectivity index (χ0n) is 11.5. The van der Waals surface area contributed by atoms with Gasteiger partial charge in [0.2, 0.25) is 0 Å². The summed E-state index contributed by atoms with van der Waals surface area (Å²) in [5.74, 6) is -0.995. The Labute approximate surface area is 126 Å². The van der Waals surface area contributed by atoms with Crippen LogP contribution in [0.2, 0.25) is 0 Å². The molecular weight excluding hydrogens is 326 g/mol. The van der Waals surface area contributed by atoms with Crippen molar-refractivity contribution in [2.45, 2.75) is 50.2 Å². The largest absolute Gasteiger partial charge is 0.362 e. The van der Waals surface area contributed by atoms with Gasteiger partial charge >= 0.3 is 0 Å². The van der Waals surface area contributed by atoms with Gasteiger partial charge in [0.15, 0.2) is 5.82 Å². The molecule has 1 N–H and O–H groups in total. The Balaban J connectivity index is 1.98. The van der Waals surface area contributed by atoms with Crippen molar-refractivity contribution in [3.05, 3.63) is 28.2 Å². The standard InChI is InChI=1S/C15H19BrF2N2/c1-19-10-7-11-3-2-4-12(8-10)20(11)15-13(16)5-9(17)6-14(15)18/h5-6,10-12,19H,2-4,7-8H2,1H3. The summed E-state index contributed by atoms with van der Waals surface area (Å²) in [5, 5.41) is 3.35. The van der Waals surface area contributed by atoms with Crippen LogP contribution in [0.5, 0.6) is 0 Å². The predicted molar refractivity (Wildman–Crippen MR) is 80.0 cm³/mol. The van der Waals surface area contributed by atoms with Crippen molar-refractivity contribution in [3.63, 3.8) is 0 Å². The highest BCUT2D eigenvalue weighted by Gasteiger charge is 2.39. The molecule has 2 aliphatic heterocycles. The first kappa shape index (κ1) is 14.3. The van der Waals surface area contributed by atoms with Gasteiger partial charge in [-0.2, -0.15) is 0 Å². The van der Waals surface area contributed by atoms with Gasteiger partial charge in [-0.05, 0) is 61.1 Å². The molecule has 1 aromatic rings. The molecule has 3 rings (SSSR count). The number of halogens is 3. The van der Waals surface area contributed by atoms with Gasteiger partial charge in [-0.25, -0.2) is 8.78 Å². The highest BCUT2D eigenvalue weighted by Crippen LogP contribution is 2.42. The Kier molecular flexibility index (Phi) is 4.00. The Hall–Kier alpha value is -0.680. The van der Waals surface area contributed by atoms with Gasteiger partial charge in [-0.1, -0.05) is 0 Å². The molecule has 1 aromatic carbocycles. The first-order chi connectivity index (χ1) is 9.60. The van der Waals surface area contributed by atoms with Crippen LogP contribution in [-0.2, 0) is 0 Å². The molecular formula is C15H19BrF2N2. The van der Waals surface area contributed by atoms with E-state index in [-0.39, 0.29) is 0 Å². The lowest BCUT2D eigenvalue weighted by atomic mass is 9.81. The molecule has 0 aliphatic carbocycles. The number of nitrogens with zero attached hydrogens (tertiary/aromatic N) is 1. The summed E-state index contributed by atoms with van der Waals surface area (Å²) >= 11 is 3.34. The summed E-state index contributed by atoms with van der Waals surface area (Å²) in [6, 6.07) is 3.54. The van der Waals surface area contributed by atoms with Crippen molar-refractivity contribution in [2.24, 2.45) is 0 Å². The third kappa shape index (κ3) is 2.46. The summed E-state index contributed by atoms with van der Waals surface area (Å²) in [4.78, 5) is 2.19. The maximum Gasteiger partial charge on any atom is 0.150 e. The van der Waals surface area contributed by atoms with Crippen LogP contribution in [0.3, 0.4) is 0 Å². The van der Waals surface area contributed by atoms with E-state index in [2.05, 4.69) is 26.1 Å². The molecule has 2 heterocycles. The van der Waals surface area contributed by atoms with E-state index >= 15 is 0 Å². The fourth-order valence-corrected chi connectivity index (χ4v) is 4.38. The predicted octanol–water partition coefficient (Wildman–Crippen LogP) is 3.84. The SMILES string of the molecule is CNC1CC2CCCC(C1)N2c1c(F)cc(F)cc1Br. The molecule has 2 bridgehead atoms. The molecule has 0 saturated carbocycles. The number of benzene rings is 1. The molecule has 0 aromatic heterocycles. The average Bonchev–Trinajstić information content (AvgIpc) is 2.36. The number of fused-ring (bicyclic) bond motifs is 2. The monoisotopic (exact) mass is 344 g/mol. The third-order valence-corrected chi connectivity index (χ3v) is 5.23. The van der Waals surface area contributed by atoms with Gasteiger partial charge in [0.1, 0.15) is 5.82 Å². The Morgan fingerprint density at radius 1 is 1.20 bits per heavy atom.